The molecule has 0 amide bonds. The highest BCUT2D eigenvalue weighted by atomic mass is 15.0. The molecular weight excluding hydrogens is 220 g/mol. The first-order valence-corrected chi connectivity index (χ1v) is 6.88. The van der Waals surface area contributed by atoms with Gasteiger partial charge in [-0.2, -0.15) is 0 Å². The number of para-hydroxylation sites is 1. The molecule has 0 aliphatic rings. The predicted octanol–water partition coefficient (Wildman–Crippen LogP) is 3.80. The fourth-order valence-electron chi connectivity index (χ4n) is 2.30. The lowest BCUT2D eigenvalue weighted by molar-refractivity contribution is 0.501. The van der Waals surface area contributed by atoms with Crippen LogP contribution in [0, 0.1) is 5.92 Å². The van der Waals surface area contributed by atoms with E-state index in [-0.39, 0.29) is 0 Å². The van der Waals surface area contributed by atoms with Gasteiger partial charge in [0.25, 0.3) is 0 Å². The van der Waals surface area contributed by atoms with Crippen molar-refractivity contribution in [3.8, 4) is 0 Å². The van der Waals surface area contributed by atoms with E-state index in [1.54, 1.807) is 0 Å². The smallest absolute Gasteiger partial charge is 0.0483 e. The number of hydrogen-bond donors (Lipinski definition) is 1. The fraction of sp³-hybridized carbons (Fsp3) is 0.500. The van der Waals surface area contributed by atoms with Crippen molar-refractivity contribution in [1.82, 2.24) is 9.88 Å². The molecule has 0 unspecified atom stereocenters. The summed E-state index contributed by atoms with van der Waals surface area (Å²) in [5, 5.41) is 4.86. The van der Waals surface area contributed by atoms with Crippen LogP contribution in [0.4, 0.5) is 0 Å². The van der Waals surface area contributed by atoms with E-state index in [4.69, 9.17) is 0 Å². The number of aromatic nitrogens is 1. The molecule has 0 aliphatic carbocycles. The largest absolute Gasteiger partial charge is 0.343 e. The molecule has 98 valence electrons. The zero-order valence-electron chi connectivity index (χ0n) is 11.9. The lowest BCUT2D eigenvalue weighted by Crippen LogP contribution is -2.23. The van der Waals surface area contributed by atoms with E-state index in [0.717, 1.165) is 13.1 Å². The van der Waals surface area contributed by atoms with Gasteiger partial charge in [-0.15, -0.1) is 0 Å². The number of rotatable bonds is 5. The van der Waals surface area contributed by atoms with Gasteiger partial charge in [-0.1, -0.05) is 45.9 Å². The van der Waals surface area contributed by atoms with Crippen molar-refractivity contribution in [2.45, 2.75) is 46.8 Å². The van der Waals surface area contributed by atoms with Crippen LogP contribution in [0.25, 0.3) is 10.9 Å². The van der Waals surface area contributed by atoms with Crippen LogP contribution in [-0.4, -0.2) is 10.6 Å². The van der Waals surface area contributed by atoms with Crippen molar-refractivity contribution < 1.29 is 0 Å². The van der Waals surface area contributed by atoms with Crippen molar-refractivity contribution >= 4 is 10.9 Å². The summed E-state index contributed by atoms with van der Waals surface area (Å²) in [5.74, 6) is 0.665. The maximum Gasteiger partial charge on any atom is 0.0483 e. The monoisotopic (exact) mass is 244 g/mol. The molecule has 1 heterocycles. The Labute approximate surface area is 110 Å². The van der Waals surface area contributed by atoms with Gasteiger partial charge in [0.15, 0.2) is 0 Å². The third kappa shape index (κ3) is 2.94. The fourth-order valence-corrected chi connectivity index (χ4v) is 2.30. The molecule has 0 bridgehead atoms. The summed E-state index contributed by atoms with van der Waals surface area (Å²) >= 11 is 0. The summed E-state index contributed by atoms with van der Waals surface area (Å²) < 4.78 is 2.45. The van der Waals surface area contributed by atoms with E-state index in [0.29, 0.717) is 12.0 Å². The Hall–Kier alpha value is -1.28. The van der Waals surface area contributed by atoms with E-state index in [1.165, 1.54) is 16.6 Å². The molecule has 0 aliphatic heterocycles. The quantitative estimate of drug-likeness (QED) is 0.846. The number of benzene rings is 1. The van der Waals surface area contributed by atoms with Crippen LogP contribution in [0.15, 0.2) is 30.3 Å². The van der Waals surface area contributed by atoms with E-state index in [1.807, 2.05) is 0 Å². The zero-order valence-corrected chi connectivity index (χ0v) is 11.9. The van der Waals surface area contributed by atoms with Crippen LogP contribution in [0.5, 0.6) is 0 Å². The van der Waals surface area contributed by atoms with Gasteiger partial charge >= 0.3 is 0 Å². The number of nitrogens with one attached hydrogen (secondary N) is 1. The zero-order chi connectivity index (χ0) is 13.1. The molecule has 0 radical (unpaired) electrons. The Balaban J connectivity index is 2.36. The lowest BCUT2D eigenvalue weighted by atomic mass is 10.2. The van der Waals surface area contributed by atoms with Crippen LogP contribution in [0.1, 0.15) is 33.4 Å². The molecule has 1 aromatic heterocycles. The molecule has 0 saturated carbocycles. The maximum atomic E-state index is 3.52. The lowest BCUT2D eigenvalue weighted by Gasteiger charge is -2.15. The van der Waals surface area contributed by atoms with Crippen molar-refractivity contribution in [2.24, 2.45) is 5.92 Å². The third-order valence-electron chi connectivity index (χ3n) is 3.14. The first-order chi connectivity index (χ1) is 8.58. The van der Waals surface area contributed by atoms with Crippen molar-refractivity contribution in [3.05, 3.63) is 36.0 Å². The summed E-state index contributed by atoms with van der Waals surface area (Å²) in [4.78, 5) is 0. The Morgan fingerprint density at radius 2 is 1.83 bits per heavy atom. The van der Waals surface area contributed by atoms with Crippen molar-refractivity contribution in [1.29, 1.82) is 0 Å². The minimum atomic E-state index is 0.524. The van der Waals surface area contributed by atoms with Crippen LogP contribution >= 0.6 is 0 Å². The summed E-state index contributed by atoms with van der Waals surface area (Å²) in [6.45, 7) is 11.0. The van der Waals surface area contributed by atoms with Crippen molar-refractivity contribution in [3.63, 3.8) is 0 Å². The average Bonchev–Trinajstić information content (AvgIpc) is 2.64. The van der Waals surface area contributed by atoms with Gasteiger partial charge in [0.1, 0.15) is 0 Å². The summed E-state index contributed by atoms with van der Waals surface area (Å²) in [6, 6.07) is 11.5. The molecule has 2 aromatic rings. The molecule has 0 atom stereocenters. The molecule has 2 nitrogen and oxygen atoms in total. The second kappa shape index (κ2) is 5.57. The van der Waals surface area contributed by atoms with Gasteiger partial charge in [0, 0.05) is 30.3 Å². The molecule has 0 fully saturated rings. The van der Waals surface area contributed by atoms with Gasteiger partial charge in [-0.25, -0.2) is 0 Å². The molecule has 1 aromatic carbocycles. The van der Waals surface area contributed by atoms with Gasteiger partial charge in [0.2, 0.25) is 0 Å². The molecule has 18 heavy (non-hydrogen) atoms. The van der Waals surface area contributed by atoms with E-state index in [9.17, 15) is 0 Å². The molecule has 0 saturated heterocycles. The van der Waals surface area contributed by atoms with Gasteiger partial charge < -0.3 is 9.88 Å². The highest BCUT2D eigenvalue weighted by Crippen LogP contribution is 2.21. The van der Waals surface area contributed by atoms with E-state index >= 15 is 0 Å². The van der Waals surface area contributed by atoms with Crippen LogP contribution in [0.3, 0.4) is 0 Å². The molecular formula is C16H24N2. The van der Waals surface area contributed by atoms with Gasteiger partial charge in [0.05, 0.1) is 0 Å². The summed E-state index contributed by atoms with van der Waals surface area (Å²) in [5.41, 5.74) is 2.74. The molecule has 2 heteroatoms. The van der Waals surface area contributed by atoms with Crippen LogP contribution in [-0.2, 0) is 13.1 Å². The second-order valence-corrected chi connectivity index (χ2v) is 5.73. The number of nitrogens with zero attached hydrogens (tertiary/aromatic N) is 1. The maximum absolute atomic E-state index is 3.52. The minimum Gasteiger partial charge on any atom is -0.343 e. The third-order valence-corrected chi connectivity index (χ3v) is 3.14. The first kappa shape index (κ1) is 13.2. The highest BCUT2D eigenvalue weighted by molar-refractivity contribution is 5.81. The van der Waals surface area contributed by atoms with Crippen LogP contribution in [0.2, 0.25) is 0 Å². The Kier molecular flexibility index (Phi) is 4.07. The normalized spacial score (nSPS) is 11.9. The first-order valence-electron chi connectivity index (χ1n) is 6.88. The SMILES string of the molecule is CC(C)Cn1c(CNC(C)C)cc2ccccc21. The minimum absolute atomic E-state index is 0.524. The second-order valence-electron chi connectivity index (χ2n) is 5.73. The van der Waals surface area contributed by atoms with E-state index in [2.05, 4.69) is 67.9 Å². The standard InChI is InChI=1S/C16H24N2/c1-12(2)11-18-15(10-17-13(3)4)9-14-7-5-6-8-16(14)18/h5-9,12-13,17H,10-11H2,1-4H3. The van der Waals surface area contributed by atoms with Crippen molar-refractivity contribution in [2.75, 3.05) is 0 Å². The molecule has 0 spiro atoms. The topological polar surface area (TPSA) is 17.0 Å². The van der Waals surface area contributed by atoms with Crippen LogP contribution < -0.4 is 5.32 Å². The van der Waals surface area contributed by atoms with Gasteiger partial charge in [-0.3, -0.25) is 0 Å². The molecule has 2 rings (SSSR count). The number of fused-ring (bicyclic) bond motifs is 1. The summed E-state index contributed by atoms with van der Waals surface area (Å²) in [7, 11) is 0. The van der Waals surface area contributed by atoms with Gasteiger partial charge in [-0.05, 0) is 23.4 Å². The Bertz CT molecular complexity index is 509. The number of hydrogen-bond acceptors (Lipinski definition) is 1. The molecule has 1 N–H and O–H groups in total. The summed E-state index contributed by atoms with van der Waals surface area (Å²) in [6.07, 6.45) is 0. The van der Waals surface area contributed by atoms with E-state index < -0.39 is 0 Å². The Morgan fingerprint density at radius 1 is 1.11 bits per heavy atom. The highest BCUT2D eigenvalue weighted by Gasteiger charge is 2.09. The predicted molar refractivity (Wildman–Crippen MR) is 78.8 cm³/mol. The average molecular weight is 244 g/mol. The Morgan fingerprint density at radius 3 is 2.50 bits per heavy atom.